The SMILES string of the molecule is CC1(C)CC(=O)C2=C(C1)N(c1cccc(F)c1)C(n1cccc1)=C(C#N)[C@]21C(=O)N(Cc2ccccc2F)c2ccccc21. The van der Waals surface area contributed by atoms with E-state index in [9.17, 15) is 18.8 Å². The Morgan fingerprint density at radius 2 is 1.61 bits per heavy atom. The fourth-order valence-electron chi connectivity index (χ4n) is 7.07. The van der Waals surface area contributed by atoms with Gasteiger partial charge in [0, 0.05) is 46.9 Å². The van der Waals surface area contributed by atoms with Crippen molar-refractivity contribution in [2.24, 2.45) is 5.41 Å². The number of carbonyl (C=O) groups excluding carboxylic acids is 2. The van der Waals surface area contributed by atoms with Gasteiger partial charge in [0.1, 0.15) is 28.9 Å². The Morgan fingerprint density at radius 1 is 0.886 bits per heavy atom. The first-order valence-electron chi connectivity index (χ1n) is 14.4. The molecule has 3 heterocycles. The predicted octanol–water partition coefficient (Wildman–Crippen LogP) is 7.11. The molecule has 1 aliphatic carbocycles. The summed E-state index contributed by atoms with van der Waals surface area (Å²) >= 11 is 0. The van der Waals surface area contributed by atoms with Crippen LogP contribution < -0.4 is 9.80 Å². The fraction of sp³-hybridized carbons (Fsp3) is 0.194. The average molecular weight is 587 g/mol. The summed E-state index contributed by atoms with van der Waals surface area (Å²) in [5, 5.41) is 11.1. The smallest absolute Gasteiger partial charge is 0.248 e. The number of hydrogen-bond acceptors (Lipinski definition) is 4. The molecular formula is C36H28F2N4O2. The number of allylic oxidation sites excluding steroid dienone is 1. The van der Waals surface area contributed by atoms with Crippen molar-refractivity contribution < 1.29 is 18.4 Å². The standard InChI is InChI=1S/C36H28F2N4O2/c1-35(2)19-30-32(31(43)20-35)36(26-13-4-6-15-29(26)41(34(36)44)22-23-10-3-5-14-28(23)38)27(21-39)33(40-16-7-8-17-40)42(30)25-12-9-11-24(37)18-25/h3-18H,19-20,22H2,1-2H3/t36-/m0/s1. The minimum atomic E-state index is -1.79. The summed E-state index contributed by atoms with van der Waals surface area (Å²) in [6.45, 7) is 3.88. The number of halogens is 2. The molecule has 1 amide bonds. The zero-order chi connectivity index (χ0) is 30.8. The number of ketones is 1. The van der Waals surface area contributed by atoms with Gasteiger partial charge in [-0.25, -0.2) is 8.78 Å². The number of para-hydroxylation sites is 1. The zero-order valence-corrected chi connectivity index (χ0v) is 24.2. The molecule has 3 aliphatic rings. The third-order valence-corrected chi connectivity index (χ3v) is 8.79. The summed E-state index contributed by atoms with van der Waals surface area (Å²) in [7, 11) is 0. The van der Waals surface area contributed by atoms with Gasteiger partial charge in [-0.15, -0.1) is 0 Å². The highest BCUT2D eigenvalue weighted by atomic mass is 19.1. The third kappa shape index (κ3) is 3.89. The summed E-state index contributed by atoms with van der Waals surface area (Å²) in [5.41, 5.74) is 0.243. The van der Waals surface area contributed by atoms with Gasteiger partial charge < -0.3 is 9.47 Å². The number of Topliss-reactive ketones (excluding diaryl/α,β-unsaturated/α-hetero) is 1. The molecule has 0 saturated heterocycles. The number of anilines is 2. The molecule has 218 valence electrons. The molecule has 0 N–H and O–H groups in total. The van der Waals surface area contributed by atoms with E-state index in [1.165, 1.54) is 23.1 Å². The van der Waals surface area contributed by atoms with E-state index in [2.05, 4.69) is 6.07 Å². The minimum absolute atomic E-state index is 0.0400. The Bertz CT molecular complexity index is 1970. The second-order valence-corrected chi connectivity index (χ2v) is 12.2. The zero-order valence-electron chi connectivity index (χ0n) is 24.2. The van der Waals surface area contributed by atoms with Crippen LogP contribution in [0.25, 0.3) is 5.82 Å². The van der Waals surface area contributed by atoms with Crippen LogP contribution in [0.5, 0.6) is 0 Å². The Balaban J connectivity index is 1.60. The van der Waals surface area contributed by atoms with Gasteiger partial charge >= 0.3 is 0 Å². The van der Waals surface area contributed by atoms with Crippen LogP contribution in [0.3, 0.4) is 0 Å². The molecule has 0 unspecified atom stereocenters. The number of carbonyl (C=O) groups is 2. The van der Waals surface area contributed by atoms with E-state index in [1.807, 2.05) is 13.8 Å². The summed E-state index contributed by atoms with van der Waals surface area (Å²) in [5.74, 6) is -1.35. The lowest BCUT2D eigenvalue weighted by Crippen LogP contribution is -2.53. The van der Waals surface area contributed by atoms with Gasteiger partial charge in [0.15, 0.2) is 5.78 Å². The van der Waals surface area contributed by atoms with Crippen LogP contribution in [0, 0.1) is 28.4 Å². The molecule has 3 aromatic carbocycles. The maximum absolute atomic E-state index is 15.1. The van der Waals surface area contributed by atoms with Crippen molar-refractivity contribution in [3.8, 4) is 6.07 Å². The second-order valence-electron chi connectivity index (χ2n) is 12.2. The second kappa shape index (κ2) is 9.88. The van der Waals surface area contributed by atoms with E-state index in [0.717, 1.165) is 0 Å². The maximum atomic E-state index is 15.1. The Morgan fingerprint density at radius 3 is 2.34 bits per heavy atom. The van der Waals surface area contributed by atoms with Crippen molar-refractivity contribution in [2.75, 3.05) is 9.80 Å². The highest BCUT2D eigenvalue weighted by Gasteiger charge is 2.63. The lowest BCUT2D eigenvalue weighted by atomic mass is 9.60. The Hall–Kier alpha value is -5.29. The van der Waals surface area contributed by atoms with Crippen molar-refractivity contribution >= 4 is 28.9 Å². The van der Waals surface area contributed by atoms with Crippen LogP contribution in [0.4, 0.5) is 20.2 Å². The van der Waals surface area contributed by atoms with Gasteiger partial charge in [0.2, 0.25) is 5.91 Å². The quantitative estimate of drug-likeness (QED) is 0.256. The number of fused-ring (bicyclic) bond motifs is 3. The first-order valence-corrected chi connectivity index (χ1v) is 14.4. The molecule has 2 aliphatic heterocycles. The number of benzene rings is 3. The molecule has 44 heavy (non-hydrogen) atoms. The van der Waals surface area contributed by atoms with Crippen molar-refractivity contribution in [2.45, 2.75) is 38.6 Å². The van der Waals surface area contributed by atoms with E-state index in [4.69, 9.17) is 0 Å². The molecule has 1 spiro atoms. The molecule has 0 bridgehead atoms. The van der Waals surface area contributed by atoms with E-state index in [0.29, 0.717) is 40.4 Å². The summed E-state index contributed by atoms with van der Waals surface area (Å²) in [6.07, 6.45) is 4.07. The number of rotatable bonds is 4. The largest absolute Gasteiger partial charge is 0.309 e. The van der Waals surface area contributed by atoms with Crippen LogP contribution in [0.15, 0.2) is 114 Å². The van der Waals surface area contributed by atoms with Crippen LogP contribution in [-0.4, -0.2) is 16.3 Å². The van der Waals surface area contributed by atoms with Gasteiger partial charge in [-0.3, -0.25) is 14.5 Å². The van der Waals surface area contributed by atoms with E-state index in [1.54, 1.807) is 88.6 Å². The van der Waals surface area contributed by atoms with Crippen LogP contribution in [0.1, 0.15) is 37.8 Å². The topological polar surface area (TPSA) is 69.3 Å². The summed E-state index contributed by atoms with van der Waals surface area (Å²) < 4.78 is 31.5. The molecule has 7 rings (SSSR count). The number of aromatic nitrogens is 1. The van der Waals surface area contributed by atoms with Crippen LogP contribution in [0.2, 0.25) is 0 Å². The number of amides is 1. The van der Waals surface area contributed by atoms with Gasteiger partial charge in [0.05, 0.1) is 17.8 Å². The minimum Gasteiger partial charge on any atom is -0.309 e. The van der Waals surface area contributed by atoms with Crippen molar-refractivity contribution in [1.82, 2.24) is 4.57 Å². The summed E-state index contributed by atoms with van der Waals surface area (Å²) in [6, 6.07) is 25.3. The molecule has 0 fully saturated rings. The van der Waals surface area contributed by atoms with Gasteiger partial charge in [-0.05, 0) is 54.3 Å². The highest BCUT2D eigenvalue weighted by Crippen LogP contribution is 2.60. The fourth-order valence-corrected chi connectivity index (χ4v) is 7.07. The number of nitrogens with zero attached hydrogens (tertiary/aromatic N) is 4. The lowest BCUT2D eigenvalue weighted by Gasteiger charge is -2.47. The molecule has 6 nitrogen and oxygen atoms in total. The van der Waals surface area contributed by atoms with Gasteiger partial charge in [-0.2, -0.15) is 5.26 Å². The molecule has 8 heteroatoms. The van der Waals surface area contributed by atoms with Crippen LogP contribution >= 0.6 is 0 Å². The Kier molecular flexibility index (Phi) is 6.19. The molecule has 1 atom stereocenters. The van der Waals surface area contributed by atoms with E-state index < -0.39 is 28.4 Å². The van der Waals surface area contributed by atoms with Crippen molar-refractivity contribution in [3.05, 3.63) is 137 Å². The molecule has 1 aromatic heterocycles. The lowest BCUT2D eigenvalue weighted by molar-refractivity contribution is -0.125. The van der Waals surface area contributed by atoms with Crippen molar-refractivity contribution in [3.63, 3.8) is 0 Å². The van der Waals surface area contributed by atoms with Gasteiger partial charge in [0.25, 0.3) is 0 Å². The first kappa shape index (κ1) is 27.5. The Labute approximate surface area is 253 Å². The predicted molar refractivity (Wildman–Crippen MR) is 163 cm³/mol. The number of nitriles is 1. The van der Waals surface area contributed by atoms with E-state index in [-0.39, 0.29) is 29.9 Å². The van der Waals surface area contributed by atoms with Crippen molar-refractivity contribution in [1.29, 1.82) is 5.26 Å². The average Bonchev–Trinajstić information content (AvgIpc) is 3.60. The molecular weight excluding hydrogens is 558 g/mol. The number of hydrogen-bond donors (Lipinski definition) is 0. The van der Waals surface area contributed by atoms with E-state index >= 15 is 4.79 Å². The molecule has 0 saturated carbocycles. The monoisotopic (exact) mass is 586 g/mol. The molecule has 4 aromatic rings. The normalized spacial score (nSPS) is 20.7. The maximum Gasteiger partial charge on any atom is 0.248 e. The first-order chi connectivity index (χ1) is 21.2. The summed E-state index contributed by atoms with van der Waals surface area (Å²) in [4.78, 5) is 32.8. The third-order valence-electron chi connectivity index (χ3n) is 8.79. The molecule has 0 radical (unpaired) electrons. The highest BCUT2D eigenvalue weighted by molar-refractivity contribution is 6.22. The van der Waals surface area contributed by atoms with Gasteiger partial charge in [-0.1, -0.05) is 56.3 Å². The van der Waals surface area contributed by atoms with Crippen LogP contribution in [-0.2, 0) is 21.5 Å².